The Labute approximate surface area is 280 Å². The van der Waals surface area contributed by atoms with E-state index >= 15 is 0 Å². The zero-order valence-electron chi connectivity index (χ0n) is 30.1. The van der Waals surface area contributed by atoms with E-state index in [1.807, 2.05) is 0 Å². The fourth-order valence-electron chi connectivity index (χ4n) is 7.33. The van der Waals surface area contributed by atoms with E-state index in [0.717, 1.165) is 44.7 Å². The average molecular weight is 654 g/mol. The SMILES string of the molecule is CC1=C(C(C)(C)C)c2cc3[n-]c(nc4nc(cc5[n-]c(nc1n2)c(C)c5C(C)(C)C)C(C(C)(C)C)=C4C)c(C)c3C(C)(C)C.[Cu+2]. The van der Waals surface area contributed by atoms with Crippen molar-refractivity contribution in [2.45, 2.75) is 122 Å². The zero-order valence-corrected chi connectivity index (χ0v) is 31.1. The summed E-state index contributed by atoms with van der Waals surface area (Å²) in [4.78, 5) is 31.0. The van der Waals surface area contributed by atoms with Crippen molar-refractivity contribution in [3.63, 3.8) is 0 Å². The summed E-state index contributed by atoms with van der Waals surface area (Å²) in [6.45, 7) is 35.4. The maximum absolute atomic E-state index is 5.18. The van der Waals surface area contributed by atoms with E-state index < -0.39 is 0 Å². The third kappa shape index (κ3) is 6.11. The third-order valence-electron chi connectivity index (χ3n) is 8.74. The van der Waals surface area contributed by atoms with E-state index in [1.54, 1.807) is 0 Å². The molecule has 5 heterocycles. The minimum Gasteiger partial charge on any atom is -0.436 e. The van der Waals surface area contributed by atoms with Crippen LogP contribution in [-0.2, 0) is 27.9 Å². The first-order valence-corrected chi connectivity index (χ1v) is 15.8. The van der Waals surface area contributed by atoms with Crippen LogP contribution in [0.5, 0.6) is 0 Å². The van der Waals surface area contributed by atoms with Gasteiger partial charge in [0.2, 0.25) is 0 Å². The molecule has 0 spiro atoms. The molecule has 3 aromatic rings. The summed E-state index contributed by atoms with van der Waals surface area (Å²) in [5.41, 5.74) is 13.5. The van der Waals surface area contributed by atoms with Crippen LogP contribution in [0.2, 0.25) is 0 Å². The van der Waals surface area contributed by atoms with Crippen LogP contribution >= 0.6 is 0 Å². The van der Waals surface area contributed by atoms with E-state index in [9.17, 15) is 0 Å². The molecule has 243 valence electrons. The predicted molar refractivity (Wildman–Crippen MR) is 185 cm³/mol. The first-order valence-electron chi connectivity index (χ1n) is 15.8. The first-order chi connectivity index (χ1) is 20.0. The molecule has 45 heavy (non-hydrogen) atoms. The van der Waals surface area contributed by atoms with Crippen molar-refractivity contribution in [2.24, 2.45) is 10.8 Å². The van der Waals surface area contributed by atoms with Gasteiger partial charge in [-0.1, -0.05) is 94.4 Å². The summed E-state index contributed by atoms with van der Waals surface area (Å²) in [6.07, 6.45) is 0. The van der Waals surface area contributed by atoms with Crippen molar-refractivity contribution in [1.29, 1.82) is 0 Å². The van der Waals surface area contributed by atoms with Crippen LogP contribution in [0.25, 0.3) is 44.6 Å². The Kier molecular flexibility index (Phi) is 8.56. The molecular formula is C38H50CuN6. The number of rotatable bonds is 0. The molecule has 0 N–H and O–H groups in total. The van der Waals surface area contributed by atoms with Crippen LogP contribution in [-0.4, -0.2) is 19.9 Å². The van der Waals surface area contributed by atoms with Crippen molar-refractivity contribution in [3.8, 4) is 0 Å². The van der Waals surface area contributed by atoms with Gasteiger partial charge < -0.3 is 19.9 Å². The number of nitrogens with zero attached hydrogens (tertiary/aromatic N) is 6. The van der Waals surface area contributed by atoms with Crippen LogP contribution in [0.4, 0.5) is 0 Å². The van der Waals surface area contributed by atoms with Crippen molar-refractivity contribution in [3.05, 3.63) is 57.4 Å². The topological polar surface area (TPSA) is 79.8 Å². The molecule has 8 bridgehead atoms. The Bertz CT molecular complexity index is 1780. The molecule has 3 aromatic heterocycles. The Morgan fingerprint density at radius 3 is 1.04 bits per heavy atom. The van der Waals surface area contributed by atoms with Crippen LogP contribution in [0.3, 0.4) is 0 Å². The summed E-state index contributed by atoms with van der Waals surface area (Å²) >= 11 is 0. The van der Waals surface area contributed by atoms with Crippen molar-refractivity contribution >= 4 is 44.6 Å². The van der Waals surface area contributed by atoms with Crippen LogP contribution in [0.15, 0.2) is 12.1 Å². The Morgan fingerprint density at radius 1 is 0.467 bits per heavy atom. The Morgan fingerprint density at radius 2 is 0.778 bits per heavy atom. The van der Waals surface area contributed by atoms with E-state index in [2.05, 4.69) is 123 Å². The molecule has 7 heteroatoms. The van der Waals surface area contributed by atoms with Crippen molar-refractivity contribution < 1.29 is 17.1 Å². The molecule has 6 nitrogen and oxygen atoms in total. The van der Waals surface area contributed by atoms with E-state index in [0.29, 0.717) is 22.9 Å². The molecule has 0 aromatic carbocycles. The van der Waals surface area contributed by atoms with Gasteiger partial charge in [-0.2, -0.15) is 0 Å². The van der Waals surface area contributed by atoms with Gasteiger partial charge in [0.05, 0.1) is 23.0 Å². The molecule has 5 rings (SSSR count). The molecule has 0 unspecified atom stereocenters. The Hall–Kier alpha value is -3.02. The molecule has 1 radical (unpaired) electrons. The number of aromatic nitrogens is 6. The number of fused-ring (bicyclic) bond motifs is 8. The average Bonchev–Trinajstić information content (AvgIpc) is 3.50. The first kappa shape index (κ1) is 34.8. The minimum absolute atomic E-state index is 0. The maximum Gasteiger partial charge on any atom is 2.00 e. The second-order valence-corrected chi connectivity index (χ2v) is 16.8. The molecule has 0 saturated heterocycles. The van der Waals surface area contributed by atoms with Gasteiger partial charge in [-0.25, -0.2) is 0 Å². The number of hydrogen-bond acceptors (Lipinski definition) is 4. The van der Waals surface area contributed by atoms with E-state index in [1.165, 1.54) is 22.3 Å². The quantitative estimate of drug-likeness (QED) is 0.225. The second-order valence-electron chi connectivity index (χ2n) is 16.8. The van der Waals surface area contributed by atoms with Gasteiger partial charge in [0.25, 0.3) is 0 Å². The van der Waals surface area contributed by atoms with Gasteiger partial charge in [-0.3, -0.25) is 9.97 Å². The predicted octanol–water partition coefficient (Wildman–Crippen LogP) is 9.53. The molecule has 0 amide bonds. The molecule has 2 aliphatic rings. The second kappa shape index (κ2) is 11.1. The minimum atomic E-state index is -0.143. The summed E-state index contributed by atoms with van der Waals surface area (Å²) < 4.78 is 0. The Balaban J connectivity index is 0.00000461. The number of hydrogen-bond donors (Lipinski definition) is 0. The number of allylic oxidation sites excluding steroid dienone is 4. The summed E-state index contributed by atoms with van der Waals surface area (Å²) in [7, 11) is 0. The van der Waals surface area contributed by atoms with E-state index in [4.69, 9.17) is 29.9 Å². The van der Waals surface area contributed by atoms with Crippen LogP contribution in [0.1, 0.15) is 142 Å². The van der Waals surface area contributed by atoms with Gasteiger partial charge >= 0.3 is 17.1 Å². The van der Waals surface area contributed by atoms with Crippen molar-refractivity contribution in [2.75, 3.05) is 0 Å². The molecule has 0 saturated carbocycles. The van der Waals surface area contributed by atoms with Gasteiger partial charge in [0.15, 0.2) is 0 Å². The van der Waals surface area contributed by atoms with Gasteiger partial charge in [-0.05, 0) is 117 Å². The monoisotopic (exact) mass is 653 g/mol. The molecule has 0 atom stereocenters. The molecule has 2 aliphatic heterocycles. The smallest absolute Gasteiger partial charge is 0.436 e. The van der Waals surface area contributed by atoms with Crippen molar-refractivity contribution in [1.82, 2.24) is 29.9 Å². The van der Waals surface area contributed by atoms with E-state index in [-0.39, 0.29) is 38.7 Å². The standard InChI is InChI=1S/C38H50N6.Cu/c1-19-27(35(5,6)7)23-17-24-29(37(11,12)13)21(3)33(41-24)44-34-22(4)30(38(14,15)16)26(42-34)18-25-28(36(8,9)10)20(2)32(40-25)43-31(19)39-23;/h17-18H,1-16H3;/q-2;+2. The normalized spacial score (nSPS) is 14.8. The summed E-state index contributed by atoms with van der Waals surface area (Å²) in [5.74, 6) is 1.43. The molecule has 0 aliphatic carbocycles. The largest absolute Gasteiger partial charge is 2.00 e. The zero-order chi connectivity index (χ0) is 32.9. The van der Waals surface area contributed by atoms with Gasteiger partial charge in [0, 0.05) is 0 Å². The molecular weight excluding hydrogens is 604 g/mol. The van der Waals surface area contributed by atoms with Gasteiger partial charge in [0.1, 0.15) is 0 Å². The van der Waals surface area contributed by atoms with Crippen LogP contribution in [0, 0.1) is 24.7 Å². The molecule has 0 fully saturated rings. The third-order valence-corrected chi connectivity index (χ3v) is 8.74. The summed E-state index contributed by atoms with van der Waals surface area (Å²) in [5, 5.41) is 0. The maximum atomic E-state index is 5.18. The van der Waals surface area contributed by atoms with Crippen LogP contribution < -0.4 is 9.97 Å². The fourth-order valence-corrected chi connectivity index (χ4v) is 7.33. The van der Waals surface area contributed by atoms with Gasteiger partial charge in [-0.15, -0.1) is 0 Å². The fraction of sp³-hybridized carbons (Fsp3) is 0.526. The summed E-state index contributed by atoms with van der Waals surface area (Å²) in [6, 6.07) is 4.29. The number of aryl methyl sites for hydroxylation is 2.